The van der Waals surface area contributed by atoms with E-state index in [1.807, 2.05) is 161 Å². The molecule has 4 heterocycles. The number of aromatic nitrogens is 4. The highest BCUT2D eigenvalue weighted by Gasteiger charge is 2.24. The number of aryl methyl sites for hydroxylation is 21. The maximum Gasteiger partial charge on any atom is 0.212 e. The van der Waals surface area contributed by atoms with E-state index in [1.165, 1.54) is 0 Å². The Kier molecular flexibility index (Phi) is 16.4. The molecular formula is C103H126N4+4. The SMILES string of the molecule is [2H]C([2H])([2H])c1c[n+](C)c(-c2cc(-c3ccc(C([2H])([2H])CC)cc3)c(C([2H])([2H])[2H])cc2C)cc1C.[2H]C([2H])([2H])c1c[n+](C)c(-c2cc(-c3cccc(C([2H])([2H])CC)c3)c(C([2H])([2H])[2H])cc2C)cc1C.[2H]C([2H])([2H])c1c[n+](C)c(-c2cc(-c3ccccc3C([2H])([2H])C(C)(C)C)c(C([2H])([2H])[2H])cc2C)cc1C.[2H]C([2H])([2H])c1c[n+](C)c(-c2cc(-c3ccccc3C([2H])([2H])C(C)(C)C)ccc2C)cc1C. The Hall–Kier alpha value is -9.64. The lowest BCUT2D eigenvalue weighted by Crippen LogP contribution is -2.31. The molecule has 0 aliphatic rings. The average molecular weight is 1450 g/mol. The predicted molar refractivity (Wildman–Crippen MR) is 459 cm³/mol. The standard InChI is InChI=1S/C27H34N.C26H32N.2C25H30N/c1-18-14-26(28(8)17-21(18)4)25-15-24(19(2)13-20(25)3)23-12-10-9-11-22(23)16-27(5,6)7;1-18-12-13-21(23-11-9-8-10-22(23)16-26(4,5)6)15-24(18)25-14-19(2)20(3)17-27(25)7;1-7-9-21-10-8-11-22(14-21)23-15-24(19(4)12-18(23)3)25-13-17(2)20(5)16-26(25)6;1-7-8-21-9-11-22(12-10-21)23-15-24(19(4)13-18(23)3)25-14-17(2)20(5)16-26(25)6/h9-15,17H,16H2,1-8H3;8-15,17H,16H2,1-7H3;8,10-16H,7,9H2,1-6H3;9-16H,7-8H2,1-6H3/q4*+1/i2D3,4D3,16D2;3D3,16D2;3D3,5D3,9D2;3D3,5D3,8D2. The molecular weight excluding hydrogens is 1290 g/mol. The van der Waals surface area contributed by atoms with E-state index < -0.39 is 84.3 Å². The molecule has 8 aromatic carbocycles. The van der Waals surface area contributed by atoms with Crippen molar-refractivity contribution in [3.63, 3.8) is 0 Å². The van der Waals surface area contributed by atoms with E-state index in [0.717, 1.165) is 84.0 Å². The maximum atomic E-state index is 8.91. The molecule has 12 rings (SSSR count). The zero-order chi connectivity index (χ0) is 103. The molecule has 0 radical (unpaired) electrons. The number of hydrogen-bond donors (Lipinski definition) is 0. The van der Waals surface area contributed by atoms with Crippen LogP contribution in [-0.2, 0) is 53.7 Å². The Labute approximate surface area is 687 Å². The molecule has 4 nitrogen and oxygen atoms in total. The van der Waals surface area contributed by atoms with Crippen LogP contribution in [-0.4, -0.2) is 0 Å². The van der Waals surface area contributed by atoms with Crippen molar-refractivity contribution < 1.29 is 58.0 Å². The molecule has 0 spiro atoms. The van der Waals surface area contributed by atoms with Gasteiger partial charge in [-0.15, -0.1) is 0 Å². The van der Waals surface area contributed by atoms with Crippen LogP contribution in [0.3, 0.4) is 0 Å². The molecule has 0 fully saturated rings. The summed E-state index contributed by atoms with van der Waals surface area (Å²) < 4.78 is 242. The molecule has 0 atom stereocenters. The summed E-state index contributed by atoms with van der Waals surface area (Å²) in [6, 6.07) is 52.6. The van der Waals surface area contributed by atoms with Gasteiger partial charge in [0.05, 0.1) is 0 Å². The van der Waals surface area contributed by atoms with Gasteiger partial charge in [0, 0.05) is 109 Å². The Morgan fingerprint density at radius 2 is 0.617 bits per heavy atom. The molecule has 554 valence electrons. The van der Waals surface area contributed by atoms with Gasteiger partial charge in [0.25, 0.3) is 0 Å². The molecule has 0 aliphatic heterocycles. The van der Waals surface area contributed by atoms with E-state index in [0.29, 0.717) is 90.7 Å². The third-order valence-electron chi connectivity index (χ3n) is 19.0. The fraction of sp³-hybridized carbons (Fsp3) is 0.340. The Balaban J connectivity index is 0.000000203. The van der Waals surface area contributed by atoms with Crippen molar-refractivity contribution in [2.75, 3.05) is 0 Å². The molecule has 0 saturated carbocycles. The minimum atomic E-state index is -2.41. The highest BCUT2D eigenvalue weighted by molar-refractivity contribution is 5.80. The lowest BCUT2D eigenvalue weighted by atomic mass is 9.83. The Bertz CT molecular complexity index is 6420. The third-order valence-corrected chi connectivity index (χ3v) is 19.0. The summed E-state index contributed by atoms with van der Waals surface area (Å²) in [5.74, 6) is 0. The molecule has 0 amide bonds. The summed E-state index contributed by atoms with van der Waals surface area (Å²) in [5.41, 5.74) is 20.2. The maximum absolute atomic E-state index is 8.91. The van der Waals surface area contributed by atoms with Crippen molar-refractivity contribution in [1.82, 2.24) is 0 Å². The van der Waals surface area contributed by atoms with Crippen molar-refractivity contribution in [3.8, 4) is 89.5 Å². The number of nitrogens with zero attached hydrogens (tertiary/aromatic N) is 4. The van der Waals surface area contributed by atoms with Gasteiger partial charge in [-0.25, -0.2) is 18.3 Å². The summed E-state index contributed by atoms with van der Waals surface area (Å²) in [4.78, 5) is 0. The molecule has 0 N–H and O–H groups in total. The minimum Gasteiger partial charge on any atom is -0.201 e. The van der Waals surface area contributed by atoms with Crippen molar-refractivity contribution in [2.24, 2.45) is 39.0 Å². The zero-order valence-corrected chi connectivity index (χ0v) is 66.3. The first-order valence-electron chi connectivity index (χ1n) is 51.1. The van der Waals surface area contributed by atoms with E-state index in [4.69, 9.17) is 39.8 Å². The fourth-order valence-corrected chi connectivity index (χ4v) is 13.2. The summed E-state index contributed by atoms with van der Waals surface area (Å²) in [7, 11) is 7.19. The van der Waals surface area contributed by atoms with Crippen LogP contribution in [0.2, 0.25) is 0 Å². The van der Waals surface area contributed by atoms with E-state index in [2.05, 4.69) is 6.07 Å². The van der Waals surface area contributed by atoms with Crippen LogP contribution in [0, 0.1) is 114 Å². The van der Waals surface area contributed by atoms with Gasteiger partial charge < -0.3 is 0 Å². The predicted octanol–water partition coefficient (Wildman–Crippen LogP) is 25.1. The molecule has 12 aromatic rings. The van der Waals surface area contributed by atoms with Crippen molar-refractivity contribution in [2.45, 2.75) is 197 Å². The first kappa shape index (κ1) is 50.1. The van der Waals surface area contributed by atoms with Gasteiger partial charge in [0.2, 0.25) is 22.8 Å². The van der Waals surface area contributed by atoms with Crippen molar-refractivity contribution in [3.05, 3.63) is 306 Å². The van der Waals surface area contributed by atoms with Crippen LogP contribution in [0.1, 0.15) is 214 Å². The van der Waals surface area contributed by atoms with Crippen LogP contribution in [0.4, 0.5) is 0 Å². The molecule has 4 aromatic heterocycles. The molecule has 4 heteroatoms. The summed E-state index contributed by atoms with van der Waals surface area (Å²) in [6.45, 7) is 13.5. The second-order valence-electron chi connectivity index (χ2n) is 30.2. The second-order valence-corrected chi connectivity index (χ2v) is 30.2. The highest BCUT2D eigenvalue weighted by atomic mass is 14.9. The van der Waals surface area contributed by atoms with Gasteiger partial charge in [-0.3, -0.25) is 0 Å². The lowest BCUT2D eigenvalue weighted by molar-refractivity contribution is -0.660. The lowest BCUT2D eigenvalue weighted by Gasteiger charge is -2.22. The van der Waals surface area contributed by atoms with Crippen LogP contribution in [0.15, 0.2) is 201 Å². The number of pyridine rings is 4. The van der Waals surface area contributed by atoms with Gasteiger partial charge >= 0.3 is 0 Å². The Morgan fingerprint density at radius 3 is 1.03 bits per heavy atom. The zero-order valence-electron chi connectivity index (χ0n) is 95.3. The van der Waals surface area contributed by atoms with Crippen LogP contribution in [0.25, 0.3) is 89.5 Å². The van der Waals surface area contributed by atoms with Crippen molar-refractivity contribution in [1.29, 1.82) is 0 Å². The summed E-state index contributed by atoms with van der Waals surface area (Å²) in [5, 5.41) is 0. The minimum absolute atomic E-state index is 0.152. The second kappa shape index (κ2) is 34.9. The van der Waals surface area contributed by atoms with Gasteiger partial charge in [0.1, 0.15) is 28.2 Å². The normalized spacial score (nSPS) is 16.7. The summed E-state index contributed by atoms with van der Waals surface area (Å²) >= 11 is 0. The topological polar surface area (TPSA) is 15.5 Å². The van der Waals surface area contributed by atoms with E-state index >= 15 is 0 Å². The molecule has 0 bridgehead atoms. The molecule has 107 heavy (non-hydrogen) atoms. The quantitative estimate of drug-likeness (QED) is 0.0965. The van der Waals surface area contributed by atoms with E-state index in [9.17, 15) is 0 Å². The largest absolute Gasteiger partial charge is 0.212 e. The van der Waals surface area contributed by atoms with Crippen molar-refractivity contribution >= 4 is 0 Å². The van der Waals surface area contributed by atoms with Crippen LogP contribution in [0.5, 0.6) is 0 Å². The number of rotatable bonds is 14. The Morgan fingerprint density at radius 1 is 0.271 bits per heavy atom. The molecule has 0 unspecified atom stereocenters. The highest BCUT2D eigenvalue weighted by Crippen LogP contribution is 2.39. The van der Waals surface area contributed by atoms with Gasteiger partial charge in [-0.05, 0) is 292 Å². The third kappa shape index (κ3) is 20.3. The smallest absolute Gasteiger partial charge is 0.201 e. The van der Waals surface area contributed by atoms with Gasteiger partial charge in [-0.1, -0.05) is 196 Å². The number of benzene rings is 8. The number of hydrogen-bond acceptors (Lipinski definition) is 0. The fourth-order valence-electron chi connectivity index (χ4n) is 13.2. The first-order chi connectivity index (χ1) is 62.0. The van der Waals surface area contributed by atoms with Gasteiger partial charge in [0.15, 0.2) is 24.8 Å². The molecule has 0 aliphatic carbocycles. The average Bonchev–Trinajstić information content (AvgIpc) is 0.725. The molecule has 0 saturated heterocycles. The summed E-state index contributed by atoms with van der Waals surface area (Å²) in [6.07, 6.45) is 0.895. The van der Waals surface area contributed by atoms with Crippen LogP contribution < -0.4 is 18.3 Å². The van der Waals surface area contributed by atoms with Gasteiger partial charge in [-0.2, -0.15) is 0 Å². The monoisotopic (exact) mass is 1450 g/mol. The van der Waals surface area contributed by atoms with E-state index in [-0.39, 0.29) is 33.4 Å². The van der Waals surface area contributed by atoms with Crippen LogP contribution >= 0.6 is 0 Å². The first-order valence-corrected chi connectivity index (χ1v) is 36.6. The van der Waals surface area contributed by atoms with E-state index in [1.54, 1.807) is 191 Å².